The van der Waals surface area contributed by atoms with Gasteiger partial charge >= 0.3 is 6.03 Å². The maximum atomic E-state index is 13.5. The zero-order valence-corrected chi connectivity index (χ0v) is 21.2. The Hall–Kier alpha value is -3.50. The Morgan fingerprint density at radius 3 is 2.65 bits per heavy atom. The first-order valence-electron chi connectivity index (χ1n) is 13.1. The Morgan fingerprint density at radius 1 is 1.11 bits per heavy atom. The van der Waals surface area contributed by atoms with Gasteiger partial charge in [-0.05, 0) is 79.5 Å². The highest BCUT2D eigenvalue weighted by atomic mass is 19.2. The van der Waals surface area contributed by atoms with Gasteiger partial charge in [0.15, 0.2) is 11.6 Å². The molecule has 0 saturated heterocycles. The number of anilines is 1. The molecule has 5 nitrogen and oxygen atoms in total. The van der Waals surface area contributed by atoms with Crippen molar-refractivity contribution < 1.29 is 13.6 Å². The predicted molar refractivity (Wildman–Crippen MR) is 143 cm³/mol. The van der Waals surface area contributed by atoms with E-state index in [4.69, 9.17) is 0 Å². The first-order chi connectivity index (χ1) is 17.9. The number of rotatable bonds is 9. The summed E-state index contributed by atoms with van der Waals surface area (Å²) in [4.78, 5) is 12.5. The van der Waals surface area contributed by atoms with Gasteiger partial charge in [0.2, 0.25) is 0 Å². The number of nitriles is 1. The Balaban J connectivity index is 1.44. The number of hydrogen-bond acceptors (Lipinski definition) is 3. The van der Waals surface area contributed by atoms with E-state index in [1.165, 1.54) is 42.9 Å². The summed E-state index contributed by atoms with van der Waals surface area (Å²) in [6, 6.07) is 13.3. The van der Waals surface area contributed by atoms with Gasteiger partial charge in [-0.25, -0.2) is 13.6 Å². The lowest BCUT2D eigenvalue weighted by molar-refractivity contribution is 0.250. The predicted octanol–water partition coefficient (Wildman–Crippen LogP) is 6.55. The number of amides is 2. The number of carbonyl (C=O) groups excluding carboxylic acids is 1. The highest BCUT2D eigenvalue weighted by Crippen LogP contribution is 2.35. The molecule has 194 valence electrons. The van der Waals surface area contributed by atoms with Crippen molar-refractivity contribution in [3.63, 3.8) is 0 Å². The number of allylic oxidation sites excluding steroid dienone is 3. The Labute approximate surface area is 217 Å². The van der Waals surface area contributed by atoms with Crippen LogP contribution in [-0.4, -0.2) is 25.2 Å². The molecule has 2 aliphatic carbocycles. The molecule has 7 heteroatoms. The van der Waals surface area contributed by atoms with Gasteiger partial charge in [-0.3, -0.25) is 0 Å². The van der Waals surface area contributed by atoms with Crippen LogP contribution in [0.5, 0.6) is 0 Å². The summed E-state index contributed by atoms with van der Waals surface area (Å²) in [5, 5.41) is 18.4. The molecule has 0 spiro atoms. The molecule has 4 rings (SSSR count). The molecule has 2 amide bonds. The summed E-state index contributed by atoms with van der Waals surface area (Å²) in [5.74, 6) is -1.55. The van der Waals surface area contributed by atoms with Gasteiger partial charge in [0, 0.05) is 24.3 Å². The minimum absolute atomic E-state index is 0.128. The van der Waals surface area contributed by atoms with Crippen molar-refractivity contribution in [3.05, 3.63) is 83.0 Å². The number of benzene rings is 2. The van der Waals surface area contributed by atoms with Crippen molar-refractivity contribution in [3.8, 4) is 6.07 Å². The maximum absolute atomic E-state index is 13.5. The van der Waals surface area contributed by atoms with Crippen LogP contribution < -0.4 is 16.0 Å². The number of halogens is 2. The molecule has 2 atom stereocenters. The molecule has 3 N–H and O–H groups in total. The summed E-state index contributed by atoms with van der Waals surface area (Å²) in [5.41, 5.74) is 4.38. The van der Waals surface area contributed by atoms with Crippen molar-refractivity contribution in [1.29, 1.82) is 5.26 Å². The van der Waals surface area contributed by atoms with Gasteiger partial charge < -0.3 is 16.0 Å². The van der Waals surface area contributed by atoms with Crippen molar-refractivity contribution in [2.24, 2.45) is 11.8 Å². The van der Waals surface area contributed by atoms with Crippen LogP contribution in [0.3, 0.4) is 0 Å². The van der Waals surface area contributed by atoms with E-state index in [-0.39, 0.29) is 17.5 Å². The number of nitrogens with zero attached hydrogens (tertiary/aromatic N) is 1. The highest BCUT2D eigenvalue weighted by molar-refractivity contribution is 5.89. The van der Waals surface area contributed by atoms with E-state index in [9.17, 15) is 18.8 Å². The largest absolute Gasteiger partial charge is 0.337 e. The van der Waals surface area contributed by atoms with Crippen molar-refractivity contribution in [1.82, 2.24) is 10.6 Å². The van der Waals surface area contributed by atoms with Gasteiger partial charge in [0.1, 0.15) is 0 Å². The third kappa shape index (κ3) is 7.27. The molecule has 0 radical (unpaired) electrons. The maximum Gasteiger partial charge on any atom is 0.319 e. The lowest BCUT2D eigenvalue weighted by atomic mass is 9.78. The normalized spacial score (nSPS) is 18.5. The quantitative estimate of drug-likeness (QED) is 0.363. The average molecular weight is 505 g/mol. The van der Waals surface area contributed by atoms with Crippen LogP contribution in [0.4, 0.5) is 19.3 Å². The van der Waals surface area contributed by atoms with Gasteiger partial charge in [0.25, 0.3) is 0 Å². The van der Waals surface area contributed by atoms with Gasteiger partial charge in [-0.15, -0.1) is 0 Å². The van der Waals surface area contributed by atoms with Crippen LogP contribution >= 0.6 is 0 Å². The number of urea groups is 1. The molecular weight excluding hydrogens is 470 g/mol. The van der Waals surface area contributed by atoms with Crippen LogP contribution in [0.25, 0.3) is 5.57 Å². The van der Waals surface area contributed by atoms with E-state index in [1.807, 2.05) is 24.3 Å². The minimum atomic E-state index is -1.00. The molecule has 2 aromatic rings. The van der Waals surface area contributed by atoms with Crippen LogP contribution in [0.2, 0.25) is 0 Å². The summed E-state index contributed by atoms with van der Waals surface area (Å²) >= 11 is 0. The van der Waals surface area contributed by atoms with Crippen LogP contribution in [0.15, 0.2) is 60.2 Å². The van der Waals surface area contributed by atoms with Gasteiger partial charge in [-0.2, -0.15) is 5.26 Å². The molecule has 2 unspecified atom stereocenters. The van der Waals surface area contributed by atoms with E-state index < -0.39 is 17.7 Å². The molecule has 0 aromatic heterocycles. The summed E-state index contributed by atoms with van der Waals surface area (Å²) < 4.78 is 26.7. The van der Waals surface area contributed by atoms with Gasteiger partial charge in [0.05, 0.1) is 11.6 Å². The van der Waals surface area contributed by atoms with Crippen LogP contribution in [0.1, 0.15) is 56.6 Å². The third-order valence-electron chi connectivity index (χ3n) is 7.37. The van der Waals surface area contributed by atoms with Crippen LogP contribution in [0, 0.1) is 34.8 Å². The summed E-state index contributed by atoms with van der Waals surface area (Å²) in [6.45, 7) is 3.50. The second-order valence-corrected chi connectivity index (χ2v) is 10.0. The molecule has 0 heterocycles. The number of hydrogen-bond donors (Lipinski definition) is 3. The number of nitrogens with one attached hydrogen (secondary N) is 3. The Kier molecular flexibility index (Phi) is 9.08. The molecule has 0 aliphatic heterocycles. The molecule has 2 aliphatic rings. The average Bonchev–Trinajstić information content (AvgIpc) is 3.42. The fourth-order valence-electron chi connectivity index (χ4n) is 5.36. The second-order valence-electron chi connectivity index (χ2n) is 10.0. The van der Waals surface area contributed by atoms with E-state index >= 15 is 0 Å². The molecule has 0 bridgehead atoms. The topological polar surface area (TPSA) is 77.0 Å². The van der Waals surface area contributed by atoms with E-state index in [0.717, 1.165) is 37.1 Å². The van der Waals surface area contributed by atoms with E-state index in [0.29, 0.717) is 18.2 Å². The van der Waals surface area contributed by atoms with Crippen molar-refractivity contribution in [2.45, 2.75) is 51.5 Å². The summed E-state index contributed by atoms with van der Waals surface area (Å²) in [6.07, 6.45) is 11.0. The van der Waals surface area contributed by atoms with Crippen molar-refractivity contribution >= 4 is 17.3 Å². The van der Waals surface area contributed by atoms with E-state index in [2.05, 4.69) is 41.1 Å². The smallest absolute Gasteiger partial charge is 0.319 e. The molecule has 37 heavy (non-hydrogen) atoms. The second kappa shape index (κ2) is 12.6. The summed E-state index contributed by atoms with van der Waals surface area (Å²) in [7, 11) is 0. The first-order valence-corrected chi connectivity index (χ1v) is 13.1. The monoisotopic (exact) mass is 504 g/mol. The Bertz CT molecular complexity index is 1210. The number of carbonyl (C=O) groups is 1. The molecular formula is C30H34F2N4O. The molecule has 1 fully saturated rings. The third-order valence-corrected chi connectivity index (χ3v) is 7.37. The molecule has 1 saturated carbocycles. The SMILES string of the molecule is CC1CC(c2cccc(C#N)c2)=CC=C1C(CCNC1CCCC1)CNC(=O)Nc1ccc(F)c(F)c1. The first kappa shape index (κ1) is 26.6. The van der Waals surface area contributed by atoms with E-state index in [1.54, 1.807) is 0 Å². The van der Waals surface area contributed by atoms with Gasteiger partial charge in [-0.1, -0.05) is 49.6 Å². The van der Waals surface area contributed by atoms with Crippen LogP contribution in [-0.2, 0) is 0 Å². The molecule has 2 aromatic carbocycles. The lowest BCUT2D eigenvalue weighted by Crippen LogP contribution is -2.36. The Morgan fingerprint density at radius 2 is 1.92 bits per heavy atom. The minimum Gasteiger partial charge on any atom is -0.337 e. The standard InChI is InChI=1S/C30H34F2N4O/c1-20-15-23(22-6-4-5-21(16-22)18-33)9-11-27(20)24(13-14-34-25-7-2-3-8-25)19-35-30(37)36-26-10-12-28(31)29(32)17-26/h4-6,9-12,16-17,20,24-25,34H,2-3,7-8,13-15,19H2,1H3,(H2,35,36,37). The fourth-order valence-corrected chi connectivity index (χ4v) is 5.36. The highest BCUT2D eigenvalue weighted by Gasteiger charge is 2.25. The zero-order valence-electron chi connectivity index (χ0n) is 21.2. The van der Waals surface area contributed by atoms with Crippen molar-refractivity contribution in [2.75, 3.05) is 18.4 Å². The fraction of sp³-hybridized carbons (Fsp3) is 0.400. The zero-order chi connectivity index (χ0) is 26.2. The lowest BCUT2D eigenvalue weighted by Gasteiger charge is -2.29.